The predicted molar refractivity (Wildman–Crippen MR) is 71.4 cm³/mol. The average molecular weight is 262 g/mol. The highest BCUT2D eigenvalue weighted by molar-refractivity contribution is 5.78. The van der Waals surface area contributed by atoms with E-state index in [9.17, 15) is 4.79 Å². The number of likely N-dealkylation sites (N-methyl/N-ethyl adjacent to an activating group) is 1. The Labute approximate surface area is 112 Å². The number of urea groups is 1. The third-order valence-corrected chi connectivity index (χ3v) is 3.61. The van der Waals surface area contributed by atoms with Crippen LogP contribution in [-0.4, -0.2) is 41.8 Å². The van der Waals surface area contributed by atoms with E-state index in [1.54, 1.807) is 23.9 Å². The van der Waals surface area contributed by atoms with E-state index >= 15 is 0 Å². The second-order valence-corrected chi connectivity index (χ2v) is 4.65. The Morgan fingerprint density at radius 1 is 1.26 bits per heavy atom. The van der Waals surface area contributed by atoms with Gasteiger partial charge in [-0.25, -0.2) is 9.68 Å². The molecule has 0 saturated carbocycles. The molecule has 0 aromatic heterocycles. The molecule has 5 nitrogen and oxygen atoms in total. The minimum Gasteiger partial charge on any atom is -0.316 e. The third kappa shape index (κ3) is 2.34. The monoisotopic (exact) mass is 262 g/mol. The van der Waals surface area contributed by atoms with E-state index in [2.05, 4.69) is 4.89 Å². The lowest BCUT2D eigenvalue weighted by Crippen LogP contribution is -2.46. The molecule has 1 aliphatic heterocycles. The van der Waals surface area contributed by atoms with Crippen LogP contribution in [0.4, 0.5) is 4.79 Å². The number of rotatable bonds is 3. The summed E-state index contributed by atoms with van der Waals surface area (Å²) < 4.78 is 0. The maximum absolute atomic E-state index is 12.2. The zero-order valence-corrected chi connectivity index (χ0v) is 11.3. The molecule has 1 heterocycles. The minimum absolute atomic E-state index is 0.0759. The first-order valence-corrected chi connectivity index (χ1v) is 6.09. The van der Waals surface area contributed by atoms with E-state index in [-0.39, 0.29) is 18.7 Å². The quantitative estimate of drug-likeness (QED) is 0.672. The van der Waals surface area contributed by atoms with Crippen molar-refractivity contribution in [1.82, 2.24) is 9.80 Å². The van der Waals surface area contributed by atoms with Gasteiger partial charge in [0.25, 0.3) is 0 Å². The van der Waals surface area contributed by atoms with Crippen LogP contribution in [-0.2, 0) is 4.89 Å². The molecule has 0 spiro atoms. The van der Waals surface area contributed by atoms with Crippen LogP contribution in [0.5, 0.6) is 0 Å². The molecule has 1 aromatic carbocycles. The van der Waals surface area contributed by atoms with Crippen molar-refractivity contribution in [2.24, 2.45) is 0 Å². The summed E-state index contributed by atoms with van der Waals surface area (Å²) in [7, 11) is 3.47. The predicted octanol–water partition coefficient (Wildman–Crippen LogP) is 2.49. The van der Waals surface area contributed by atoms with E-state index in [0.29, 0.717) is 0 Å². The third-order valence-electron chi connectivity index (χ3n) is 3.61. The zero-order valence-electron chi connectivity index (χ0n) is 11.3. The molecule has 1 aromatic rings. The average Bonchev–Trinajstić information content (AvgIpc) is 2.44. The summed E-state index contributed by atoms with van der Waals surface area (Å²) in [5.74, 6) is 0. The maximum atomic E-state index is 12.2. The Kier molecular flexibility index (Phi) is 3.87. The van der Waals surface area contributed by atoms with Crippen molar-refractivity contribution >= 4 is 6.03 Å². The van der Waals surface area contributed by atoms with Crippen LogP contribution >= 0.6 is 0 Å². The molecule has 19 heavy (non-hydrogen) atoms. The van der Waals surface area contributed by atoms with Gasteiger partial charge < -0.3 is 9.80 Å². The molecular weight excluding hydrogens is 244 g/mol. The van der Waals surface area contributed by atoms with Crippen LogP contribution in [0.3, 0.4) is 0 Å². The molecule has 5 heteroatoms. The van der Waals surface area contributed by atoms with Crippen molar-refractivity contribution in [3.8, 4) is 0 Å². The van der Waals surface area contributed by atoms with Crippen molar-refractivity contribution in [3.05, 3.63) is 47.2 Å². The van der Waals surface area contributed by atoms with Crippen LogP contribution in [0.15, 0.2) is 41.6 Å². The molecule has 0 bridgehead atoms. The molecule has 0 fully saturated rings. The first kappa shape index (κ1) is 13.6. The first-order chi connectivity index (χ1) is 9.07. The van der Waals surface area contributed by atoms with E-state index in [0.717, 1.165) is 16.8 Å². The molecule has 1 unspecified atom stereocenters. The summed E-state index contributed by atoms with van der Waals surface area (Å²) in [6.07, 6.45) is 0. The normalized spacial score (nSPS) is 20.2. The lowest BCUT2D eigenvalue weighted by atomic mass is 9.94. The number of carbonyl (C=O) groups excluding carboxylic acids is 1. The van der Waals surface area contributed by atoms with Gasteiger partial charge >= 0.3 is 6.03 Å². The Bertz CT molecular complexity index is 499. The fourth-order valence-corrected chi connectivity index (χ4v) is 2.45. The number of hydrogen-bond acceptors (Lipinski definition) is 3. The van der Waals surface area contributed by atoms with Gasteiger partial charge in [0.05, 0.1) is 6.04 Å². The first-order valence-electron chi connectivity index (χ1n) is 6.09. The van der Waals surface area contributed by atoms with Gasteiger partial charge in [-0.15, -0.1) is 0 Å². The number of hydrogen-bond donors (Lipinski definition) is 1. The lowest BCUT2D eigenvalue weighted by Gasteiger charge is -2.40. The van der Waals surface area contributed by atoms with Crippen LogP contribution in [0.1, 0.15) is 18.5 Å². The van der Waals surface area contributed by atoms with Gasteiger partial charge in [-0.3, -0.25) is 5.26 Å². The van der Waals surface area contributed by atoms with Gasteiger partial charge in [-0.2, -0.15) is 0 Å². The summed E-state index contributed by atoms with van der Waals surface area (Å²) in [4.78, 5) is 19.7. The minimum atomic E-state index is -0.211. The number of amides is 2. The Morgan fingerprint density at radius 3 is 2.47 bits per heavy atom. The SMILES string of the molecule is CC1=C(COO)C(c2ccccc2)N(C)C(=O)N1C. The van der Waals surface area contributed by atoms with E-state index in [4.69, 9.17) is 5.26 Å². The fraction of sp³-hybridized carbons (Fsp3) is 0.357. The summed E-state index contributed by atoms with van der Waals surface area (Å²) in [6, 6.07) is 9.43. The number of allylic oxidation sites excluding steroid dienone is 1. The van der Waals surface area contributed by atoms with Crippen LogP contribution in [0.25, 0.3) is 0 Å². The van der Waals surface area contributed by atoms with Crippen LogP contribution in [0, 0.1) is 0 Å². The van der Waals surface area contributed by atoms with Gasteiger partial charge in [0, 0.05) is 25.4 Å². The zero-order chi connectivity index (χ0) is 14.0. The highest BCUT2D eigenvalue weighted by Gasteiger charge is 2.34. The van der Waals surface area contributed by atoms with Crippen LogP contribution in [0.2, 0.25) is 0 Å². The Balaban J connectivity index is 2.51. The van der Waals surface area contributed by atoms with Crippen molar-refractivity contribution in [3.63, 3.8) is 0 Å². The molecule has 1 N–H and O–H groups in total. The maximum Gasteiger partial charge on any atom is 0.324 e. The summed E-state index contributed by atoms with van der Waals surface area (Å²) in [5, 5.41) is 8.78. The number of benzene rings is 1. The summed E-state index contributed by atoms with van der Waals surface area (Å²) in [5.41, 5.74) is 2.68. The van der Waals surface area contributed by atoms with Gasteiger partial charge in [0.2, 0.25) is 0 Å². The summed E-state index contributed by atoms with van der Waals surface area (Å²) >= 11 is 0. The van der Waals surface area contributed by atoms with Gasteiger partial charge in [-0.1, -0.05) is 30.3 Å². The molecule has 0 radical (unpaired) electrons. The standard InChI is InChI=1S/C14H18N2O3/c1-10-12(9-19-18)13(11-7-5-4-6-8-11)16(3)14(17)15(10)2/h4-8,13,18H,9H2,1-3H3. The van der Waals surface area contributed by atoms with E-state index in [1.165, 1.54) is 0 Å². The highest BCUT2D eigenvalue weighted by Crippen LogP contribution is 2.35. The Hall–Kier alpha value is -1.85. The molecular formula is C14H18N2O3. The van der Waals surface area contributed by atoms with E-state index in [1.807, 2.05) is 37.3 Å². The number of nitrogens with zero attached hydrogens (tertiary/aromatic N) is 2. The van der Waals surface area contributed by atoms with Crippen LogP contribution < -0.4 is 0 Å². The Morgan fingerprint density at radius 2 is 1.89 bits per heavy atom. The van der Waals surface area contributed by atoms with Crippen molar-refractivity contribution in [2.75, 3.05) is 20.7 Å². The fourth-order valence-electron chi connectivity index (χ4n) is 2.45. The van der Waals surface area contributed by atoms with Crippen molar-refractivity contribution in [1.29, 1.82) is 0 Å². The molecule has 2 rings (SSSR count). The van der Waals surface area contributed by atoms with Gasteiger partial charge in [0.15, 0.2) is 0 Å². The topological polar surface area (TPSA) is 53.0 Å². The van der Waals surface area contributed by atoms with Gasteiger partial charge in [-0.05, 0) is 12.5 Å². The summed E-state index contributed by atoms with van der Waals surface area (Å²) in [6.45, 7) is 1.93. The molecule has 1 aliphatic rings. The number of carbonyl (C=O) groups is 1. The van der Waals surface area contributed by atoms with Gasteiger partial charge in [0.1, 0.15) is 6.61 Å². The smallest absolute Gasteiger partial charge is 0.316 e. The second kappa shape index (κ2) is 5.42. The second-order valence-electron chi connectivity index (χ2n) is 4.65. The highest BCUT2D eigenvalue weighted by atomic mass is 17.1. The van der Waals surface area contributed by atoms with Crippen molar-refractivity contribution in [2.45, 2.75) is 13.0 Å². The molecule has 2 amide bonds. The lowest BCUT2D eigenvalue weighted by molar-refractivity contribution is -0.235. The molecule has 1 atom stereocenters. The largest absolute Gasteiger partial charge is 0.324 e. The molecule has 0 aliphatic carbocycles. The molecule has 102 valence electrons. The van der Waals surface area contributed by atoms with E-state index < -0.39 is 0 Å². The molecule has 0 saturated heterocycles. The van der Waals surface area contributed by atoms with Crippen molar-refractivity contribution < 1.29 is 14.9 Å².